The smallest absolute Gasteiger partial charge is 0.222 e. The van der Waals surface area contributed by atoms with Gasteiger partial charge < -0.3 is 9.72 Å². The molecule has 0 amide bonds. The number of aromatic nitrogens is 4. The Morgan fingerprint density at radius 3 is 2.80 bits per heavy atom. The third-order valence-corrected chi connectivity index (χ3v) is 3.76. The molecule has 5 nitrogen and oxygen atoms in total. The number of hydrogen-bond donors (Lipinski definition) is 1. The zero-order valence-electron chi connectivity index (χ0n) is 14.3. The van der Waals surface area contributed by atoms with Crippen LogP contribution >= 0.6 is 0 Å². The maximum absolute atomic E-state index is 14.1. The molecule has 1 N–H and O–H groups in total. The first-order chi connectivity index (χ1) is 11.7. The fourth-order valence-electron chi connectivity index (χ4n) is 2.45. The van der Waals surface area contributed by atoms with Crippen molar-refractivity contribution in [3.8, 4) is 0 Å². The van der Waals surface area contributed by atoms with Crippen LogP contribution in [0, 0.1) is 12.7 Å². The van der Waals surface area contributed by atoms with Gasteiger partial charge in [-0.15, -0.1) is 0 Å². The van der Waals surface area contributed by atoms with Crippen molar-refractivity contribution in [3.63, 3.8) is 0 Å². The second-order valence-corrected chi connectivity index (χ2v) is 6.48. The van der Waals surface area contributed by atoms with Gasteiger partial charge in [-0.05, 0) is 32.4 Å². The predicted octanol–water partition coefficient (Wildman–Crippen LogP) is 3.79. The second kappa shape index (κ2) is 6.23. The molecule has 0 saturated heterocycles. The zero-order valence-corrected chi connectivity index (χ0v) is 14.3. The van der Waals surface area contributed by atoms with Gasteiger partial charge in [-0.3, -0.25) is 0 Å². The first-order valence-electron chi connectivity index (χ1n) is 7.83. The van der Waals surface area contributed by atoms with Gasteiger partial charge in [-0.2, -0.15) is 0 Å². The number of nitrogens with one attached hydrogen (secondary N) is 1. The summed E-state index contributed by atoms with van der Waals surface area (Å²) in [6.45, 7) is 8.91. The van der Waals surface area contributed by atoms with Crippen LogP contribution in [0.4, 0.5) is 14.7 Å². The zero-order chi connectivity index (χ0) is 18.2. The highest BCUT2D eigenvalue weighted by molar-refractivity contribution is 5.79. The Labute approximate surface area is 144 Å². The minimum Gasteiger partial charge on any atom is -0.351 e. The van der Waals surface area contributed by atoms with E-state index in [1.54, 1.807) is 29.9 Å². The van der Waals surface area contributed by atoms with E-state index in [-0.39, 0.29) is 12.2 Å². The van der Waals surface area contributed by atoms with Gasteiger partial charge in [0.15, 0.2) is 11.5 Å². The normalized spacial score (nSPS) is 11.7. The van der Waals surface area contributed by atoms with Gasteiger partial charge in [-0.25, -0.2) is 23.7 Å². The van der Waals surface area contributed by atoms with Crippen LogP contribution in [-0.4, -0.2) is 31.6 Å². The van der Waals surface area contributed by atoms with Crippen LogP contribution in [0.15, 0.2) is 37.4 Å². The van der Waals surface area contributed by atoms with E-state index in [9.17, 15) is 8.78 Å². The monoisotopic (exact) mass is 343 g/mol. The van der Waals surface area contributed by atoms with E-state index in [1.807, 2.05) is 0 Å². The first kappa shape index (κ1) is 17.0. The quantitative estimate of drug-likeness (QED) is 0.766. The van der Waals surface area contributed by atoms with Gasteiger partial charge in [0.1, 0.15) is 5.67 Å². The fraction of sp³-hybridized carbons (Fsp3) is 0.278. The van der Waals surface area contributed by atoms with Crippen molar-refractivity contribution in [1.82, 2.24) is 19.4 Å². The molecular weight excluding hydrogens is 324 g/mol. The Balaban J connectivity index is 1.88. The van der Waals surface area contributed by atoms with Crippen molar-refractivity contribution in [3.05, 3.63) is 60.1 Å². The highest BCUT2D eigenvalue weighted by Gasteiger charge is 2.16. The lowest BCUT2D eigenvalue weighted by Gasteiger charge is -2.16. The maximum atomic E-state index is 14.1. The molecule has 0 spiro atoms. The lowest BCUT2D eigenvalue weighted by molar-refractivity contribution is 0.234. The van der Waals surface area contributed by atoms with Crippen LogP contribution in [0.5, 0.6) is 0 Å². The van der Waals surface area contributed by atoms with Gasteiger partial charge in [0, 0.05) is 35.9 Å². The molecule has 3 heterocycles. The van der Waals surface area contributed by atoms with Crippen LogP contribution < -0.4 is 5.32 Å². The molecule has 0 radical (unpaired) electrons. The first-order valence-corrected chi connectivity index (χ1v) is 7.83. The highest BCUT2D eigenvalue weighted by Crippen LogP contribution is 2.25. The van der Waals surface area contributed by atoms with Gasteiger partial charge in [0.2, 0.25) is 5.95 Å². The van der Waals surface area contributed by atoms with Crippen LogP contribution in [0.2, 0.25) is 0 Å². The number of anilines is 1. The van der Waals surface area contributed by atoms with Crippen molar-refractivity contribution < 1.29 is 8.78 Å². The van der Waals surface area contributed by atoms with Crippen LogP contribution in [0.1, 0.15) is 30.7 Å². The Morgan fingerprint density at radius 1 is 1.36 bits per heavy atom. The minimum atomic E-state index is -1.36. The SMILES string of the molecule is C=C(c1cc(F)c2nccn2c1)c1cnc(NCC(C)(C)F)nc1C. The summed E-state index contributed by atoms with van der Waals surface area (Å²) in [7, 11) is 0. The fourth-order valence-corrected chi connectivity index (χ4v) is 2.45. The Morgan fingerprint density at radius 2 is 2.12 bits per heavy atom. The third-order valence-electron chi connectivity index (χ3n) is 3.76. The molecule has 0 atom stereocenters. The Hall–Kier alpha value is -2.83. The number of halogens is 2. The standard InChI is InChI=1S/C18H19F2N5/c1-11(13-7-15(19)16-21-5-6-25(16)9-13)14-8-22-17(24-12(14)2)23-10-18(3,4)20/h5-9H,1,10H2,2-4H3,(H,22,23,24). The minimum absolute atomic E-state index is 0.106. The Bertz CT molecular complexity index is 940. The number of pyridine rings is 1. The number of hydrogen-bond acceptors (Lipinski definition) is 4. The molecule has 3 aromatic heterocycles. The van der Waals surface area contributed by atoms with Crippen LogP contribution in [-0.2, 0) is 0 Å². The topological polar surface area (TPSA) is 55.1 Å². The lowest BCUT2D eigenvalue weighted by Crippen LogP contribution is -2.25. The molecule has 0 aromatic carbocycles. The summed E-state index contributed by atoms with van der Waals surface area (Å²) in [5, 5.41) is 2.86. The molecule has 3 aromatic rings. The summed E-state index contributed by atoms with van der Waals surface area (Å²) >= 11 is 0. The number of alkyl halides is 1. The van der Waals surface area contributed by atoms with Gasteiger partial charge in [-0.1, -0.05) is 6.58 Å². The molecule has 0 aliphatic rings. The van der Waals surface area contributed by atoms with Gasteiger partial charge in [0.05, 0.1) is 12.2 Å². The summed E-state index contributed by atoms with van der Waals surface area (Å²) in [5.74, 6) is -0.0818. The van der Waals surface area contributed by atoms with Crippen molar-refractivity contribution in [2.45, 2.75) is 26.4 Å². The molecule has 3 rings (SSSR count). The molecule has 25 heavy (non-hydrogen) atoms. The largest absolute Gasteiger partial charge is 0.351 e. The van der Waals surface area contributed by atoms with Crippen LogP contribution in [0.25, 0.3) is 11.2 Å². The predicted molar refractivity (Wildman–Crippen MR) is 93.7 cm³/mol. The summed E-state index contributed by atoms with van der Waals surface area (Å²) in [6, 6.07) is 1.39. The van der Waals surface area contributed by atoms with Crippen molar-refractivity contribution in [2.75, 3.05) is 11.9 Å². The molecular formula is C18H19F2N5. The maximum Gasteiger partial charge on any atom is 0.222 e. The van der Waals surface area contributed by atoms with E-state index in [2.05, 4.69) is 26.8 Å². The highest BCUT2D eigenvalue weighted by atomic mass is 19.1. The molecule has 0 fully saturated rings. The van der Waals surface area contributed by atoms with Crippen molar-refractivity contribution in [1.29, 1.82) is 0 Å². The van der Waals surface area contributed by atoms with E-state index in [1.165, 1.54) is 26.1 Å². The number of nitrogens with zero attached hydrogens (tertiary/aromatic N) is 4. The van der Waals surface area contributed by atoms with E-state index in [0.717, 1.165) is 0 Å². The number of fused-ring (bicyclic) bond motifs is 1. The summed E-state index contributed by atoms with van der Waals surface area (Å²) in [5.41, 5.74) is 1.48. The van der Waals surface area contributed by atoms with Crippen molar-refractivity contribution in [2.24, 2.45) is 0 Å². The second-order valence-electron chi connectivity index (χ2n) is 6.48. The van der Waals surface area contributed by atoms with Crippen molar-refractivity contribution >= 4 is 17.2 Å². The number of imidazole rings is 1. The number of aryl methyl sites for hydroxylation is 1. The lowest BCUT2D eigenvalue weighted by atomic mass is 10.0. The Kier molecular flexibility index (Phi) is 4.24. The third kappa shape index (κ3) is 3.65. The summed E-state index contributed by atoms with van der Waals surface area (Å²) < 4.78 is 29.3. The van der Waals surface area contributed by atoms with E-state index >= 15 is 0 Å². The average Bonchev–Trinajstić information content (AvgIpc) is 3.01. The molecule has 0 saturated carbocycles. The molecule has 0 bridgehead atoms. The molecule has 0 aliphatic carbocycles. The average molecular weight is 343 g/mol. The summed E-state index contributed by atoms with van der Waals surface area (Å²) in [4.78, 5) is 12.5. The number of rotatable bonds is 5. The molecule has 130 valence electrons. The van der Waals surface area contributed by atoms with Crippen LogP contribution in [0.3, 0.4) is 0 Å². The van der Waals surface area contributed by atoms with E-state index < -0.39 is 11.5 Å². The van der Waals surface area contributed by atoms with E-state index in [4.69, 9.17) is 0 Å². The summed E-state index contributed by atoms with van der Waals surface area (Å²) in [6.07, 6.45) is 6.57. The molecule has 0 unspecified atom stereocenters. The molecule has 0 aliphatic heterocycles. The van der Waals surface area contributed by atoms with Gasteiger partial charge >= 0.3 is 0 Å². The van der Waals surface area contributed by atoms with E-state index in [0.29, 0.717) is 28.3 Å². The van der Waals surface area contributed by atoms with Gasteiger partial charge in [0.25, 0.3) is 0 Å². The molecule has 7 heteroatoms.